The number of sulfonamides is 1. The second-order valence-electron chi connectivity index (χ2n) is 4.45. The molecule has 94 valence electrons. The monoisotopic (exact) mass is 318 g/mol. The summed E-state index contributed by atoms with van der Waals surface area (Å²) in [6.45, 7) is 3.26. The Bertz CT molecular complexity index is 530. The van der Waals surface area contributed by atoms with Crippen molar-refractivity contribution in [3.63, 3.8) is 0 Å². The fraction of sp³-hybridized carbons (Fsp3) is 0.455. The first-order valence-corrected chi connectivity index (χ1v) is 7.70. The fourth-order valence-corrected chi connectivity index (χ4v) is 4.61. The molecule has 6 heteroatoms. The fourth-order valence-electron chi connectivity index (χ4n) is 1.98. The molecule has 1 aliphatic heterocycles. The van der Waals surface area contributed by atoms with Gasteiger partial charge in [-0.05, 0) is 46.5 Å². The Balaban J connectivity index is 2.38. The van der Waals surface area contributed by atoms with E-state index >= 15 is 0 Å². The van der Waals surface area contributed by atoms with Crippen LogP contribution < -0.4 is 5.73 Å². The van der Waals surface area contributed by atoms with Crippen molar-refractivity contribution in [2.24, 2.45) is 5.92 Å². The quantitative estimate of drug-likeness (QED) is 0.849. The Morgan fingerprint density at radius 3 is 2.71 bits per heavy atom. The van der Waals surface area contributed by atoms with Crippen LogP contribution in [0.4, 0.5) is 5.69 Å². The summed E-state index contributed by atoms with van der Waals surface area (Å²) in [5.74, 6) is 0.428. The molecule has 0 saturated carbocycles. The minimum absolute atomic E-state index is 0.292. The molecule has 1 atom stereocenters. The van der Waals surface area contributed by atoms with Crippen LogP contribution in [-0.4, -0.2) is 25.8 Å². The number of nitrogen functional groups attached to an aromatic ring is 1. The molecule has 0 radical (unpaired) electrons. The summed E-state index contributed by atoms with van der Waals surface area (Å²) < 4.78 is 26.8. The maximum absolute atomic E-state index is 12.4. The van der Waals surface area contributed by atoms with Crippen molar-refractivity contribution in [2.75, 3.05) is 18.8 Å². The topological polar surface area (TPSA) is 63.4 Å². The van der Waals surface area contributed by atoms with Crippen LogP contribution >= 0.6 is 15.9 Å². The molecule has 17 heavy (non-hydrogen) atoms. The lowest BCUT2D eigenvalue weighted by molar-refractivity contribution is 0.464. The lowest BCUT2D eigenvalue weighted by Crippen LogP contribution is -2.28. The molecule has 1 saturated heterocycles. The summed E-state index contributed by atoms with van der Waals surface area (Å²) in [5.41, 5.74) is 6.15. The number of nitrogens with zero attached hydrogens (tertiary/aromatic N) is 1. The minimum atomic E-state index is -3.39. The van der Waals surface area contributed by atoms with Gasteiger partial charge in [-0.3, -0.25) is 0 Å². The highest BCUT2D eigenvalue weighted by molar-refractivity contribution is 9.10. The molecule has 1 fully saturated rings. The largest absolute Gasteiger partial charge is 0.399 e. The minimum Gasteiger partial charge on any atom is -0.399 e. The molecule has 2 N–H and O–H groups in total. The van der Waals surface area contributed by atoms with E-state index in [1.54, 1.807) is 18.2 Å². The van der Waals surface area contributed by atoms with E-state index in [0.29, 0.717) is 34.1 Å². The Kier molecular flexibility index (Phi) is 3.47. The van der Waals surface area contributed by atoms with E-state index < -0.39 is 10.0 Å². The van der Waals surface area contributed by atoms with Gasteiger partial charge < -0.3 is 5.73 Å². The molecule has 0 aliphatic carbocycles. The third-order valence-corrected chi connectivity index (χ3v) is 5.80. The SMILES string of the molecule is CC1CCN(S(=O)(=O)c2ccc(N)cc2Br)C1. The summed E-state index contributed by atoms with van der Waals surface area (Å²) in [7, 11) is -3.39. The number of rotatable bonds is 2. The molecule has 4 nitrogen and oxygen atoms in total. The van der Waals surface area contributed by atoms with Gasteiger partial charge in [0, 0.05) is 23.2 Å². The van der Waals surface area contributed by atoms with Gasteiger partial charge in [0.15, 0.2) is 0 Å². The normalized spacial score (nSPS) is 21.9. The van der Waals surface area contributed by atoms with Crippen LogP contribution in [0.3, 0.4) is 0 Å². The van der Waals surface area contributed by atoms with E-state index in [9.17, 15) is 8.42 Å². The first-order chi connectivity index (χ1) is 7.91. The molecule has 2 rings (SSSR count). The Hall–Kier alpha value is -0.590. The van der Waals surface area contributed by atoms with Crippen LogP contribution in [0.1, 0.15) is 13.3 Å². The molecular weight excluding hydrogens is 304 g/mol. The number of hydrogen-bond acceptors (Lipinski definition) is 3. The lowest BCUT2D eigenvalue weighted by atomic mass is 10.2. The van der Waals surface area contributed by atoms with E-state index in [0.717, 1.165) is 6.42 Å². The van der Waals surface area contributed by atoms with E-state index in [-0.39, 0.29) is 0 Å². The predicted octanol–water partition coefficient (Wildman–Crippen LogP) is 2.06. The maximum atomic E-state index is 12.4. The third-order valence-electron chi connectivity index (χ3n) is 2.96. The van der Waals surface area contributed by atoms with Gasteiger partial charge in [-0.15, -0.1) is 0 Å². The molecule has 0 amide bonds. The van der Waals surface area contributed by atoms with Gasteiger partial charge in [-0.1, -0.05) is 6.92 Å². The van der Waals surface area contributed by atoms with Gasteiger partial charge >= 0.3 is 0 Å². The molecule has 1 heterocycles. The van der Waals surface area contributed by atoms with Crippen LogP contribution in [-0.2, 0) is 10.0 Å². The molecule has 1 aromatic carbocycles. The Morgan fingerprint density at radius 2 is 2.18 bits per heavy atom. The van der Waals surface area contributed by atoms with Crippen LogP contribution in [0.25, 0.3) is 0 Å². The maximum Gasteiger partial charge on any atom is 0.244 e. The summed E-state index contributed by atoms with van der Waals surface area (Å²) >= 11 is 3.26. The highest BCUT2D eigenvalue weighted by Gasteiger charge is 2.31. The van der Waals surface area contributed by atoms with E-state index in [1.807, 2.05) is 0 Å². The molecular formula is C11H15BrN2O2S. The van der Waals surface area contributed by atoms with Gasteiger partial charge in [-0.2, -0.15) is 4.31 Å². The van der Waals surface area contributed by atoms with Crippen molar-refractivity contribution in [2.45, 2.75) is 18.2 Å². The van der Waals surface area contributed by atoms with Gasteiger partial charge in [0.2, 0.25) is 10.0 Å². The summed E-state index contributed by atoms with van der Waals surface area (Å²) in [6, 6.07) is 4.78. The van der Waals surface area contributed by atoms with Crippen molar-refractivity contribution in [1.29, 1.82) is 0 Å². The van der Waals surface area contributed by atoms with Crippen LogP contribution in [0.5, 0.6) is 0 Å². The van der Waals surface area contributed by atoms with E-state index in [1.165, 1.54) is 4.31 Å². The smallest absolute Gasteiger partial charge is 0.244 e. The Morgan fingerprint density at radius 1 is 1.47 bits per heavy atom. The second-order valence-corrected chi connectivity index (χ2v) is 7.21. The van der Waals surface area contributed by atoms with Gasteiger partial charge in [0.05, 0.1) is 4.90 Å². The molecule has 0 aromatic heterocycles. The predicted molar refractivity (Wildman–Crippen MR) is 71.1 cm³/mol. The van der Waals surface area contributed by atoms with Gasteiger partial charge in [0.25, 0.3) is 0 Å². The van der Waals surface area contributed by atoms with Crippen LogP contribution in [0.15, 0.2) is 27.6 Å². The van der Waals surface area contributed by atoms with Crippen LogP contribution in [0, 0.1) is 5.92 Å². The number of anilines is 1. The highest BCUT2D eigenvalue weighted by Crippen LogP contribution is 2.30. The number of hydrogen-bond donors (Lipinski definition) is 1. The van der Waals surface area contributed by atoms with E-state index in [2.05, 4.69) is 22.9 Å². The molecule has 1 aromatic rings. The summed E-state index contributed by atoms with van der Waals surface area (Å²) in [5, 5.41) is 0. The molecule has 1 unspecified atom stereocenters. The average molecular weight is 319 g/mol. The zero-order valence-corrected chi connectivity index (χ0v) is 12.0. The zero-order valence-electron chi connectivity index (χ0n) is 9.56. The zero-order chi connectivity index (χ0) is 12.6. The Labute approximate surface area is 110 Å². The van der Waals surface area contributed by atoms with Gasteiger partial charge in [-0.25, -0.2) is 8.42 Å². The molecule has 0 spiro atoms. The van der Waals surface area contributed by atoms with Crippen molar-refractivity contribution >= 4 is 31.6 Å². The summed E-state index contributed by atoms with van der Waals surface area (Å²) in [6.07, 6.45) is 0.922. The summed E-state index contributed by atoms with van der Waals surface area (Å²) in [4.78, 5) is 0.292. The molecule has 0 bridgehead atoms. The van der Waals surface area contributed by atoms with Crippen molar-refractivity contribution in [3.8, 4) is 0 Å². The van der Waals surface area contributed by atoms with Crippen LogP contribution in [0.2, 0.25) is 0 Å². The van der Waals surface area contributed by atoms with E-state index in [4.69, 9.17) is 5.73 Å². The first-order valence-electron chi connectivity index (χ1n) is 5.46. The van der Waals surface area contributed by atoms with Crippen molar-refractivity contribution in [1.82, 2.24) is 4.31 Å². The second kappa shape index (κ2) is 4.59. The van der Waals surface area contributed by atoms with Gasteiger partial charge in [0.1, 0.15) is 0 Å². The lowest BCUT2D eigenvalue weighted by Gasteiger charge is -2.17. The first kappa shape index (κ1) is 12.9. The number of nitrogens with two attached hydrogens (primary N) is 1. The van der Waals surface area contributed by atoms with Crippen molar-refractivity contribution < 1.29 is 8.42 Å². The average Bonchev–Trinajstić information content (AvgIpc) is 2.64. The third kappa shape index (κ3) is 2.48. The highest BCUT2D eigenvalue weighted by atomic mass is 79.9. The number of halogens is 1. The number of benzene rings is 1. The standard InChI is InChI=1S/C11H15BrN2O2S/c1-8-4-5-14(7-8)17(15,16)11-3-2-9(13)6-10(11)12/h2-3,6,8H,4-5,7,13H2,1H3. The molecule has 1 aliphatic rings. The van der Waals surface area contributed by atoms with Crippen molar-refractivity contribution in [3.05, 3.63) is 22.7 Å².